The normalized spacial score (nSPS) is 11.7. The summed E-state index contributed by atoms with van der Waals surface area (Å²) in [6.45, 7) is 6.14. The van der Waals surface area contributed by atoms with E-state index in [1.54, 1.807) is 0 Å². The third kappa shape index (κ3) is 6.96. The predicted octanol–water partition coefficient (Wildman–Crippen LogP) is 6.60. The van der Waals surface area contributed by atoms with Gasteiger partial charge in [-0.05, 0) is 53.3 Å². The van der Waals surface area contributed by atoms with Crippen molar-refractivity contribution >= 4 is 17.4 Å². The zero-order chi connectivity index (χ0) is 27.6. The Morgan fingerprint density at radius 3 is 2.49 bits per heavy atom. The molecular formula is C31H35N5O3. The monoisotopic (exact) mass is 525 g/mol. The Kier molecular flexibility index (Phi) is 9.56. The highest BCUT2D eigenvalue weighted by atomic mass is 16.5. The molecule has 0 saturated heterocycles. The van der Waals surface area contributed by atoms with Gasteiger partial charge in [0.1, 0.15) is 12.6 Å². The van der Waals surface area contributed by atoms with Crippen molar-refractivity contribution in [3.8, 4) is 22.5 Å². The molecule has 4 rings (SSSR count). The lowest BCUT2D eigenvalue weighted by atomic mass is 9.91. The zero-order valence-corrected chi connectivity index (χ0v) is 22.7. The van der Waals surface area contributed by atoms with E-state index < -0.39 is 6.04 Å². The molecule has 1 atom stereocenters. The second-order valence-electron chi connectivity index (χ2n) is 9.57. The molecule has 1 unspecified atom stereocenters. The number of carbonyl (C=O) groups excluding carboxylic acids is 2. The van der Waals surface area contributed by atoms with Crippen LogP contribution in [0.15, 0.2) is 66.7 Å². The van der Waals surface area contributed by atoms with Crippen LogP contribution in [0.25, 0.3) is 22.5 Å². The molecule has 0 bridgehead atoms. The first-order chi connectivity index (χ1) is 19.0. The van der Waals surface area contributed by atoms with Crippen molar-refractivity contribution < 1.29 is 14.3 Å². The van der Waals surface area contributed by atoms with E-state index >= 15 is 0 Å². The highest BCUT2D eigenvalue weighted by molar-refractivity contribution is 5.90. The SMILES string of the molecule is CCCCC(=O)C(Nc1c(C)cccc1COC(=O)CCC)c1ccc(-c2ccccc2)c(-c2nn[nH]n2)c1. The van der Waals surface area contributed by atoms with Crippen LogP contribution in [-0.4, -0.2) is 32.4 Å². The molecule has 0 aliphatic carbocycles. The van der Waals surface area contributed by atoms with Crippen LogP contribution in [-0.2, 0) is 20.9 Å². The van der Waals surface area contributed by atoms with E-state index in [9.17, 15) is 9.59 Å². The molecule has 0 spiro atoms. The Morgan fingerprint density at radius 1 is 0.949 bits per heavy atom. The summed E-state index contributed by atoms with van der Waals surface area (Å²) in [5.41, 5.74) is 6.12. The molecular weight excluding hydrogens is 490 g/mol. The predicted molar refractivity (Wildman–Crippen MR) is 152 cm³/mol. The van der Waals surface area contributed by atoms with Gasteiger partial charge < -0.3 is 10.1 Å². The van der Waals surface area contributed by atoms with Gasteiger partial charge in [-0.1, -0.05) is 80.9 Å². The van der Waals surface area contributed by atoms with Gasteiger partial charge in [-0.2, -0.15) is 5.21 Å². The lowest BCUT2D eigenvalue weighted by molar-refractivity contribution is -0.145. The van der Waals surface area contributed by atoms with Crippen LogP contribution in [0.4, 0.5) is 5.69 Å². The van der Waals surface area contributed by atoms with Gasteiger partial charge in [-0.3, -0.25) is 9.59 Å². The number of ether oxygens (including phenoxy) is 1. The average Bonchev–Trinajstić information content (AvgIpc) is 3.50. The summed E-state index contributed by atoms with van der Waals surface area (Å²) in [6.07, 6.45) is 3.26. The fourth-order valence-electron chi connectivity index (χ4n) is 4.55. The van der Waals surface area contributed by atoms with Gasteiger partial charge in [-0.25, -0.2) is 0 Å². The number of aromatic nitrogens is 4. The number of anilines is 1. The minimum Gasteiger partial charge on any atom is -0.461 e. The summed E-state index contributed by atoms with van der Waals surface area (Å²) in [7, 11) is 0. The molecule has 1 aromatic heterocycles. The summed E-state index contributed by atoms with van der Waals surface area (Å²) in [6, 6.07) is 21.2. The number of benzene rings is 3. The van der Waals surface area contributed by atoms with Gasteiger partial charge in [0, 0.05) is 29.7 Å². The molecule has 3 aromatic carbocycles. The number of nitrogens with one attached hydrogen (secondary N) is 2. The van der Waals surface area contributed by atoms with Crippen LogP contribution < -0.4 is 5.32 Å². The van der Waals surface area contributed by atoms with E-state index in [1.165, 1.54) is 0 Å². The zero-order valence-electron chi connectivity index (χ0n) is 22.7. The Hall–Kier alpha value is -4.33. The molecule has 0 fully saturated rings. The molecule has 4 aromatic rings. The van der Waals surface area contributed by atoms with E-state index in [4.69, 9.17) is 4.74 Å². The van der Waals surface area contributed by atoms with Crippen molar-refractivity contribution in [1.82, 2.24) is 20.6 Å². The number of ketones is 1. The minimum absolute atomic E-state index is 0.0838. The number of nitrogens with zero attached hydrogens (tertiary/aromatic N) is 3. The summed E-state index contributed by atoms with van der Waals surface area (Å²) in [5.74, 6) is 0.303. The summed E-state index contributed by atoms with van der Waals surface area (Å²) < 4.78 is 5.52. The number of Topliss-reactive ketones (excluding diaryl/α,β-unsaturated/α-hetero) is 1. The van der Waals surface area contributed by atoms with Gasteiger partial charge >= 0.3 is 5.97 Å². The second kappa shape index (κ2) is 13.5. The molecule has 8 heteroatoms. The maximum Gasteiger partial charge on any atom is 0.306 e. The molecule has 0 amide bonds. The fourth-order valence-corrected chi connectivity index (χ4v) is 4.55. The van der Waals surface area contributed by atoms with Gasteiger partial charge in [0.05, 0.1) is 0 Å². The van der Waals surface area contributed by atoms with Crippen molar-refractivity contribution in [3.05, 3.63) is 83.4 Å². The average molecular weight is 526 g/mol. The maximum atomic E-state index is 13.6. The van der Waals surface area contributed by atoms with Crippen molar-refractivity contribution in [2.24, 2.45) is 0 Å². The number of esters is 1. The third-order valence-corrected chi connectivity index (χ3v) is 6.64. The van der Waals surface area contributed by atoms with Crippen LogP contribution in [0, 0.1) is 6.92 Å². The highest BCUT2D eigenvalue weighted by Gasteiger charge is 2.24. The molecule has 1 heterocycles. The number of carbonyl (C=O) groups is 2. The number of aryl methyl sites for hydroxylation is 1. The Morgan fingerprint density at radius 2 is 1.77 bits per heavy atom. The first kappa shape index (κ1) is 27.7. The van der Waals surface area contributed by atoms with Gasteiger partial charge in [0.2, 0.25) is 5.82 Å². The highest BCUT2D eigenvalue weighted by Crippen LogP contribution is 2.35. The van der Waals surface area contributed by atoms with E-state index in [2.05, 4.69) is 32.9 Å². The number of H-pyrrole nitrogens is 1. The van der Waals surface area contributed by atoms with Crippen LogP contribution in [0.2, 0.25) is 0 Å². The lowest BCUT2D eigenvalue weighted by Gasteiger charge is -2.24. The summed E-state index contributed by atoms with van der Waals surface area (Å²) in [5, 5.41) is 18.3. The smallest absolute Gasteiger partial charge is 0.306 e. The van der Waals surface area contributed by atoms with Crippen molar-refractivity contribution in [1.29, 1.82) is 0 Å². The fraction of sp³-hybridized carbons (Fsp3) is 0.323. The first-order valence-electron chi connectivity index (χ1n) is 13.5. The van der Waals surface area contributed by atoms with Gasteiger partial charge in [0.15, 0.2) is 5.78 Å². The molecule has 39 heavy (non-hydrogen) atoms. The number of aromatic amines is 1. The Bertz CT molecular complexity index is 1390. The van der Waals surface area contributed by atoms with Crippen molar-refractivity contribution in [2.75, 3.05) is 5.32 Å². The standard InChI is InChI=1S/C31H35N5O3/c1-4-6-16-27(37)30(32-29-21(3)12-10-15-24(29)20-39-28(38)11-5-2)23-17-18-25(22-13-8-7-9-14-22)26(19-23)31-33-35-36-34-31/h7-10,12-15,17-19,30,32H,4-6,11,16,20H2,1-3H3,(H,33,34,35,36). The number of rotatable bonds is 13. The summed E-state index contributed by atoms with van der Waals surface area (Å²) in [4.78, 5) is 25.7. The third-order valence-electron chi connectivity index (χ3n) is 6.64. The van der Waals surface area contributed by atoms with Gasteiger partial charge in [0.25, 0.3) is 0 Å². The van der Waals surface area contributed by atoms with Crippen LogP contribution in [0.1, 0.15) is 68.7 Å². The summed E-state index contributed by atoms with van der Waals surface area (Å²) >= 11 is 0. The van der Waals surface area contributed by atoms with E-state index in [0.29, 0.717) is 18.7 Å². The molecule has 8 nitrogen and oxygen atoms in total. The number of unbranched alkanes of at least 4 members (excludes halogenated alkanes) is 1. The van der Waals surface area contributed by atoms with Crippen LogP contribution in [0.3, 0.4) is 0 Å². The number of tetrazole rings is 1. The molecule has 0 aliphatic heterocycles. The minimum atomic E-state index is -0.613. The first-order valence-corrected chi connectivity index (χ1v) is 13.5. The molecule has 0 aliphatic rings. The maximum absolute atomic E-state index is 13.6. The molecule has 0 radical (unpaired) electrons. The molecule has 0 saturated carbocycles. The van der Waals surface area contributed by atoms with Gasteiger partial charge in [-0.15, -0.1) is 10.2 Å². The topological polar surface area (TPSA) is 110 Å². The van der Waals surface area contributed by atoms with E-state index in [1.807, 2.05) is 80.6 Å². The van der Waals surface area contributed by atoms with Crippen LogP contribution >= 0.6 is 0 Å². The van der Waals surface area contributed by atoms with Crippen molar-refractivity contribution in [2.45, 2.75) is 65.5 Å². The Balaban J connectivity index is 1.75. The van der Waals surface area contributed by atoms with E-state index in [-0.39, 0.29) is 18.4 Å². The quantitative estimate of drug-likeness (QED) is 0.189. The number of hydrogen-bond donors (Lipinski definition) is 2. The Labute approximate surface area is 229 Å². The largest absolute Gasteiger partial charge is 0.461 e. The number of para-hydroxylation sites is 1. The lowest BCUT2D eigenvalue weighted by Crippen LogP contribution is -2.22. The molecule has 202 valence electrons. The molecule has 2 N–H and O–H groups in total. The number of hydrogen-bond acceptors (Lipinski definition) is 7. The van der Waals surface area contributed by atoms with Crippen molar-refractivity contribution in [3.63, 3.8) is 0 Å². The second-order valence-corrected chi connectivity index (χ2v) is 9.57. The van der Waals surface area contributed by atoms with Crippen LogP contribution in [0.5, 0.6) is 0 Å². The van der Waals surface area contributed by atoms with E-state index in [0.717, 1.165) is 58.3 Å².